The minimum atomic E-state index is 0.834. The number of benzene rings is 1. The van der Waals surface area contributed by atoms with Gasteiger partial charge in [0.05, 0.1) is 0 Å². The Hall–Kier alpha value is -0.495. The van der Waals surface area contributed by atoms with Gasteiger partial charge in [0.2, 0.25) is 0 Å². The summed E-state index contributed by atoms with van der Waals surface area (Å²) >= 11 is 3.56. The molecular formula is C10H8BBr. The van der Waals surface area contributed by atoms with Crippen LogP contribution in [0.15, 0.2) is 18.2 Å². The smallest absolute Gasteiger partial charge is 0.0960 e. The first-order valence-corrected chi connectivity index (χ1v) is 4.81. The van der Waals surface area contributed by atoms with Crippen LogP contribution in [0, 0.1) is 0 Å². The third-order valence-electron chi connectivity index (χ3n) is 2.10. The Morgan fingerprint density at radius 3 is 3.00 bits per heavy atom. The Labute approximate surface area is 81.5 Å². The van der Waals surface area contributed by atoms with Gasteiger partial charge < -0.3 is 0 Å². The maximum absolute atomic E-state index is 5.70. The number of halogens is 1. The van der Waals surface area contributed by atoms with Crippen molar-refractivity contribution in [3.63, 3.8) is 0 Å². The molecular weight excluding hydrogens is 211 g/mol. The second-order valence-electron chi connectivity index (χ2n) is 2.99. The van der Waals surface area contributed by atoms with Gasteiger partial charge in [-0.15, -0.1) is 0 Å². The maximum atomic E-state index is 5.70. The fourth-order valence-electron chi connectivity index (χ4n) is 1.48. The fraction of sp³-hybridized carbons (Fsp3) is 0.200. The number of fused-ring (bicyclic) bond motifs is 1. The summed E-state index contributed by atoms with van der Waals surface area (Å²) in [5, 5.41) is 2.54. The molecule has 0 N–H and O–H groups in total. The third-order valence-corrected chi connectivity index (χ3v) is 2.92. The first-order valence-electron chi connectivity index (χ1n) is 4.02. The second-order valence-corrected chi connectivity index (χ2v) is 3.95. The van der Waals surface area contributed by atoms with E-state index in [1.54, 1.807) is 0 Å². The molecule has 0 atom stereocenters. The van der Waals surface area contributed by atoms with Gasteiger partial charge >= 0.3 is 0 Å². The lowest BCUT2D eigenvalue weighted by Gasteiger charge is -2.04. The van der Waals surface area contributed by atoms with Crippen molar-refractivity contribution < 1.29 is 0 Å². The Bertz CT molecular complexity index is 420. The summed E-state index contributed by atoms with van der Waals surface area (Å²) in [6, 6.07) is 6.04. The summed E-state index contributed by atoms with van der Waals surface area (Å²) in [4.78, 5) is 0. The summed E-state index contributed by atoms with van der Waals surface area (Å²) < 4.78 is 1.27. The lowest BCUT2D eigenvalue weighted by atomic mass is 9.93. The summed E-state index contributed by atoms with van der Waals surface area (Å²) in [5.74, 6) is 0. The molecule has 0 spiro atoms. The average molecular weight is 219 g/mol. The lowest BCUT2D eigenvalue weighted by Crippen LogP contribution is -2.31. The Kier molecular flexibility index (Phi) is 2.10. The highest BCUT2D eigenvalue weighted by atomic mass is 79.9. The molecule has 0 fully saturated rings. The van der Waals surface area contributed by atoms with Crippen molar-refractivity contribution in [3.8, 4) is 0 Å². The zero-order valence-electron chi connectivity index (χ0n) is 6.68. The van der Waals surface area contributed by atoms with Gasteiger partial charge in [0.15, 0.2) is 0 Å². The van der Waals surface area contributed by atoms with Crippen LogP contribution in [-0.4, -0.2) is 7.85 Å². The molecule has 0 saturated carbocycles. The Balaban J connectivity index is 2.87. The summed E-state index contributed by atoms with van der Waals surface area (Å²) in [6.45, 7) is 0. The van der Waals surface area contributed by atoms with Gasteiger partial charge in [-0.1, -0.05) is 45.7 Å². The van der Waals surface area contributed by atoms with Crippen LogP contribution in [0.5, 0.6) is 0 Å². The van der Waals surface area contributed by atoms with Crippen LogP contribution in [0.25, 0.3) is 10.6 Å². The van der Waals surface area contributed by atoms with E-state index in [2.05, 4.69) is 28.1 Å². The van der Waals surface area contributed by atoms with E-state index in [1.807, 2.05) is 12.1 Å². The molecule has 1 aliphatic carbocycles. The molecule has 0 amide bonds. The van der Waals surface area contributed by atoms with Gasteiger partial charge in [-0.05, 0) is 23.3 Å². The van der Waals surface area contributed by atoms with E-state index in [1.165, 1.54) is 14.9 Å². The maximum Gasteiger partial charge on any atom is 0.113 e. The van der Waals surface area contributed by atoms with Gasteiger partial charge in [0.1, 0.15) is 7.85 Å². The minimum absolute atomic E-state index is 0.834. The monoisotopic (exact) mass is 218 g/mol. The van der Waals surface area contributed by atoms with Crippen molar-refractivity contribution in [3.05, 3.63) is 28.6 Å². The molecule has 0 saturated heterocycles. The molecule has 0 aromatic heterocycles. The predicted octanol–water partition coefficient (Wildman–Crippen LogP) is 0.558. The van der Waals surface area contributed by atoms with Gasteiger partial charge in [-0.3, -0.25) is 0 Å². The predicted molar refractivity (Wildman–Crippen MR) is 57.1 cm³/mol. The van der Waals surface area contributed by atoms with Crippen molar-refractivity contribution in [2.24, 2.45) is 0 Å². The van der Waals surface area contributed by atoms with Crippen molar-refractivity contribution in [1.29, 1.82) is 0 Å². The highest BCUT2D eigenvalue weighted by Crippen LogP contribution is 2.13. The molecule has 0 bridgehead atoms. The van der Waals surface area contributed by atoms with E-state index in [0.717, 1.165) is 18.3 Å². The molecule has 0 unspecified atom stereocenters. The Morgan fingerprint density at radius 2 is 2.17 bits per heavy atom. The first kappa shape index (κ1) is 8.12. The van der Waals surface area contributed by atoms with Crippen LogP contribution in [0.4, 0.5) is 0 Å². The van der Waals surface area contributed by atoms with Crippen LogP contribution >= 0.6 is 15.9 Å². The van der Waals surface area contributed by atoms with Gasteiger partial charge in [-0.2, -0.15) is 0 Å². The van der Waals surface area contributed by atoms with Crippen LogP contribution in [-0.2, 0) is 0 Å². The van der Waals surface area contributed by atoms with Crippen LogP contribution < -0.4 is 15.9 Å². The summed E-state index contributed by atoms with van der Waals surface area (Å²) in [5.41, 5.74) is 0.834. The molecule has 0 aliphatic heterocycles. The zero-order valence-corrected chi connectivity index (χ0v) is 8.26. The highest BCUT2D eigenvalue weighted by Gasteiger charge is 2.00. The lowest BCUT2D eigenvalue weighted by molar-refractivity contribution is 1.11. The fourth-order valence-corrected chi connectivity index (χ4v) is 2.05. The van der Waals surface area contributed by atoms with E-state index in [9.17, 15) is 0 Å². The molecule has 2 heteroatoms. The average Bonchev–Trinajstić information content (AvgIpc) is 2.07. The topological polar surface area (TPSA) is 0 Å². The number of hydrogen-bond acceptors (Lipinski definition) is 0. The van der Waals surface area contributed by atoms with E-state index in [-0.39, 0.29) is 0 Å². The molecule has 1 aromatic carbocycles. The second kappa shape index (κ2) is 3.10. The first-order chi connectivity index (χ1) is 5.77. The van der Waals surface area contributed by atoms with Crippen molar-refractivity contribution in [2.45, 2.75) is 12.8 Å². The SMILES string of the molecule is [B]c1ccc2c(c1)=C(Br)CCC=2. The Morgan fingerprint density at radius 1 is 1.33 bits per heavy atom. The summed E-state index contributed by atoms with van der Waals surface area (Å²) in [7, 11) is 5.70. The normalized spacial score (nSPS) is 15.2. The van der Waals surface area contributed by atoms with Gasteiger partial charge in [-0.25, -0.2) is 0 Å². The quantitative estimate of drug-likeness (QED) is 0.559. The molecule has 0 heterocycles. The van der Waals surface area contributed by atoms with E-state index in [4.69, 9.17) is 7.85 Å². The van der Waals surface area contributed by atoms with E-state index >= 15 is 0 Å². The minimum Gasteiger partial charge on any atom is -0.0960 e. The molecule has 2 radical (unpaired) electrons. The van der Waals surface area contributed by atoms with Crippen LogP contribution in [0.1, 0.15) is 12.8 Å². The van der Waals surface area contributed by atoms with Gasteiger partial charge in [0, 0.05) is 4.48 Å². The standard InChI is InChI=1S/C10H8BBr/c11-8-5-4-7-2-1-3-10(12)9(7)6-8/h2,4-6H,1,3H2. The number of hydrogen-bond donors (Lipinski definition) is 0. The molecule has 2 rings (SSSR count). The number of rotatable bonds is 0. The molecule has 58 valence electrons. The van der Waals surface area contributed by atoms with Gasteiger partial charge in [0.25, 0.3) is 0 Å². The third kappa shape index (κ3) is 1.36. The molecule has 1 aliphatic rings. The van der Waals surface area contributed by atoms with Crippen molar-refractivity contribution >= 4 is 39.8 Å². The highest BCUT2D eigenvalue weighted by molar-refractivity contribution is 9.14. The largest absolute Gasteiger partial charge is 0.113 e. The summed E-state index contributed by atoms with van der Waals surface area (Å²) in [6.07, 6.45) is 4.47. The zero-order chi connectivity index (χ0) is 8.55. The van der Waals surface area contributed by atoms with Crippen LogP contribution in [0.3, 0.4) is 0 Å². The molecule has 1 aromatic rings. The van der Waals surface area contributed by atoms with E-state index < -0.39 is 0 Å². The van der Waals surface area contributed by atoms with Crippen molar-refractivity contribution in [2.75, 3.05) is 0 Å². The molecule has 0 nitrogen and oxygen atoms in total. The molecule has 12 heavy (non-hydrogen) atoms. The van der Waals surface area contributed by atoms with Crippen molar-refractivity contribution in [1.82, 2.24) is 0 Å². The van der Waals surface area contributed by atoms with Crippen LogP contribution in [0.2, 0.25) is 0 Å². The van der Waals surface area contributed by atoms with E-state index in [0.29, 0.717) is 0 Å².